The van der Waals surface area contributed by atoms with E-state index in [1.807, 2.05) is 42.8 Å². The van der Waals surface area contributed by atoms with Crippen LogP contribution < -0.4 is 15.4 Å². The van der Waals surface area contributed by atoms with Gasteiger partial charge in [-0.15, -0.1) is 24.0 Å². The van der Waals surface area contributed by atoms with Gasteiger partial charge in [0.15, 0.2) is 11.8 Å². The number of nitrogens with zero attached hydrogens (tertiary/aromatic N) is 4. The summed E-state index contributed by atoms with van der Waals surface area (Å²) in [4.78, 5) is 9.03. The third-order valence-corrected chi connectivity index (χ3v) is 4.75. The standard InChI is InChI=1S/C21H32N6O3.HI/c1-4-22-21(23-11-17(28)13-30-18-7-5-6-15(2)10-18)24-16-8-9-20-25-19(14-29-3)26-27(20)12-16;/h5-7,10,16-17,28H,4,8-9,11-14H2,1-3H3,(H2,22,23,24);1H. The summed E-state index contributed by atoms with van der Waals surface area (Å²) in [5.41, 5.74) is 1.12. The lowest BCUT2D eigenvalue weighted by Gasteiger charge is -2.25. The predicted molar refractivity (Wildman–Crippen MR) is 130 cm³/mol. The molecule has 0 fully saturated rings. The summed E-state index contributed by atoms with van der Waals surface area (Å²) in [6.07, 6.45) is 1.10. The van der Waals surface area contributed by atoms with E-state index in [4.69, 9.17) is 9.47 Å². The number of rotatable bonds is 9. The van der Waals surface area contributed by atoms with Gasteiger partial charge in [-0.2, -0.15) is 5.10 Å². The van der Waals surface area contributed by atoms with Crippen LogP contribution in [0.1, 0.15) is 30.6 Å². The Morgan fingerprint density at radius 3 is 3.00 bits per heavy atom. The lowest BCUT2D eigenvalue weighted by molar-refractivity contribution is 0.114. The van der Waals surface area contributed by atoms with Gasteiger partial charge in [0.2, 0.25) is 0 Å². The summed E-state index contributed by atoms with van der Waals surface area (Å²) >= 11 is 0. The zero-order chi connectivity index (χ0) is 21.3. The lowest BCUT2D eigenvalue weighted by atomic mass is 10.1. The first kappa shape index (κ1) is 25.3. The van der Waals surface area contributed by atoms with Crippen LogP contribution in [-0.2, 0) is 24.3 Å². The third-order valence-electron chi connectivity index (χ3n) is 4.75. The summed E-state index contributed by atoms with van der Waals surface area (Å²) in [6, 6.07) is 7.96. The lowest BCUT2D eigenvalue weighted by Crippen LogP contribution is -2.47. The minimum Gasteiger partial charge on any atom is -0.491 e. The Balaban J connectivity index is 0.00000341. The molecule has 172 valence electrons. The molecular formula is C21H33IN6O3. The molecule has 9 nitrogen and oxygen atoms in total. The fraction of sp³-hybridized carbons (Fsp3) is 0.571. The molecule has 2 heterocycles. The fourth-order valence-electron chi connectivity index (χ4n) is 3.33. The third kappa shape index (κ3) is 7.93. The Labute approximate surface area is 200 Å². The zero-order valence-corrected chi connectivity index (χ0v) is 20.7. The van der Waals surface area contributed by atoms with Crippen molar-refractivity contribution in [2.45, 2.75) is 52.0 Å². The number of hydrogen-bond acceptors (Lipinski definition) is 6. The maximum atomic E-state index is 10.3. The van der Waals surface area contributed by atoms with Gasteiger partial charge in [0.25, 0.3) is 0 Å². The number of aromatic nitrogens is 3. The number of aryl methyl sites for hydroxylation is 2. The molecule has 31 heavy (non-hydrogen) atoms. The van der Waals surface area contributed by atoms with Gasteiger partial charge in [0, 0.05) is 26.1 Å². The van der Waals surface area contributed by atoms with Gasteiger partial charge in [0.05, 0.1) is 13.1 Å². The number of methoxy groups -OCH3 is 1. The number of aliphatic hydroxyl groups excluding tert-OH is 1. The maximum absolute atomic E-state index is 10.3. The molecule has 1 aliphatic rings. The molecule has 0 amide bonds. The molecule has 0 bridgehead atoms. The van der Waals surface area contributed by atoms with Gasteiger partial charge in [-0.05, 0) is 38.0 Å². The number of guanidine groups is 1. The van der Waals surface area contributed by atoms with Crippen molar-refractivity contribution >= 4 is 29.9 Å². The highest BCUT2D eigenvalue weighted by Gasteiger charge is 2.22. The molecule has 1 aromatic carbocycles. The smallest absolute Gasteiger partial charge is 0.191 e. The van der Waals surface area contributed by atoms with Crippen molar-refractivity contribution in [1.29, 1.82) is 0 Å². The van der Waals surface area contributed by atoms with E-state index in [1.165, 1.54) is 0 Å². The van der Waals surface area contributed by atoms with Crippen LogP contribution in [0, 0.1) is 6.92 Å². The van der Waals surface area contributed by atoms with Gasteiger partial charge in [-0.3, -0.25) is 4.99 Å². The number of aliphatic hydroxyl groups is 1. The zero-order valence-electron chi connectivity index (χ0n) is 18.4. The quantitative estimate of drug-likeness (QED) is 0.251. The highest BCUT2D eigenvalue weighted by molar-refractivity contribution is 14.0. The van der Waals surface area contributed by atoms with Crippen molar-refractivity contribution in [2.75, 3.05) is 26.8 Å². The summed E-state index contributed by atoms with van der Waals surface area (Å²) in [5.74, 6) is 3.13. The minimum atomic E-state index is -0.689. The predicted octanol–water partition coefficient (Wildman–Crippen LogP) is 1.66. The molecule has 0 saturated carbocycles. The summed E-state index contributed by atoms with van der Waals surface area (Å²) in [7, 11) is 1.64. The van der Waals surface area contributed by atoms with E-state index in [2.05, 4.69) is 25.7 Å². The van der Waals surface area contributed by atoms with Crippen LogP contribution in [0.25, 0.3) is 0 Å². The molecule has 0 radical (unpaired) electrons. The van der Waals surface area contributed by atoms with Crippen LogP contribution >= 0.6 is 24.0 Å². The summed E-state index contributed by atoms with van der Waals surface area (Å²) in [5, 5.41) is 21.4. The number of nitrogens with one attached hydrogen (secondary N) is 2. The van der Waals surface area contributed by atoms with Gasteiger partial charge in [0.1, 0.15) is 30.9 Å². The van der Waals surface area contributed by atoms with Crippen LogP contribution in [0.4, 0.5) is 0 Å². The average Bonchev–Trinajstić information content (AvgIpc) is 3.13. The Morgan fingerprint density at radius 2 is 2.26 bits per heavy atom. The van der Waals surface area contributed by atoms with E-state index in [1.54, 1.807) is 7.11 Å². The second-order valence-corrected chi connectivity index (χ2v) is 7.44. The van der Waals surface area contributed by atoms with Crippen molar-refractivity contribution < 1.29 is 14.6 Å². The number of benzene rings is 1. The number of ether oxygens (including phenoxy) is 2. The topological polar surface area (TPSA) is 106 Å². The number of hydrogen-bond donors (Lipinski definition) is 3. The Bertz CT molecular complexity index is 844. The van der Waals surface area contributed by atoms with Crippen molar-refractivity contribution in [1.82, 2.24) is 25.4 Å². The van der Waals surface area contributed by atoms with E-state index < -0.39 is 6.10 Å². The Hall–Kier alpha value is -1.92. The summed E-state index contributed by atoms with van der Waals surface area (Å²) in [6.45, 7) is 6.35. The molecule has 2 aromatic rings. The van der Waals surface area contributed by atoms with Crippen molar-refractivity contribution in [2.24, 2.45) is 4.99 Å². The van der Waals surface area contributed by atoms with Crippen molar-refractivity contribution in [3.05, 3.63) is 41.5 Å². The average molecular weight is 544 g/mol. The monoisotopic (exact) mass is 544 g/mol. The second kappa shape index (κ2) is 12.8. The van der Waals surface area contributed by atoms with Crippen molar-refractivity contribution in [3.63, 3.8) is 0 Å². The van der Waals surface area contributed by atoms with Gasteiger partial charge >= 0.3 is 0 Å². The highest BCUT2D eigenvalue weighted by Crippen LogP contribution is 2.14. The van der Waals surface area contributed by atoms with Gasteiger partial charge in [-0.25, -0.2) is 9.67 Å². The van der Waals surface area contributed by atoms with E-state index in [9.17, 15) is 5.11 Å². The van der Waals surface area contributed by atoms with Crippen LogP contribution in [0.3, 0.4) is 0 Å². The van der Waals surface area contributed by atoms with Crippen LogP contribution in [0.15, 0.2) is 29.3 Å². The molecule has 3 rings (SSSR count). The van der Waals surface area contributed by atoms with E-state index in [0.29, 0.717) is 18.4 Å². The number of halogens is 1. The van der Waals surface area contributed by atoms with Crippen LogP contribution in [0.5, 0.6) is 5.75 Å². The van der Waals surface area contributed by atoms with E-state index in [-0.39, 0.29) is 43.2 Å². The van der Waals surface area contributed by atoms with Crippen LogP contribution in [0.2, 0.25) is 0 Å². The van der Waals surface area contributed by atoms with Crippen LogP contribution in [-0.4, -0.2) is 64.8 Å². The second-order valence-electron chi connectivity index (χ2n) is 7.44. The molecule has 1 aromatic heterocycles. The minimum absolute atomic E-state index is 0. The molecule has 2 atom stereocenters. The first-order valence-electron chi connectivity index (χ1n) is 10.4. The molecule has 0 aliphatic carbocycles. The van der Waals surface area contributed by atoms with Gasteiger partial charge < -0.3 is 25.2 Å². The Morgan fingerprint density at radius 1 is 1.42 bits per heavy atom. The first-order chi connectivity index (χ1) is 14.6. The molecule has 3 N–H and O–H groups in total. The SMILES string of the molecule is CCNC(=NCC(O)COc1cccc(C)c1)NC1CCc2nc(COC)nn2C1.I. The molecule has 0 spiro atoms. The highest BCUT2D eigenvalue weighted by atomic mass is 127. The first-order valence-corrected chi connectivity index (χ1v) is 10.4. The number of aliphatic imine (C=N–C) groups is 1. The molecule has 2 unspecified atom stereocenters. The molecule has 0 saturated heterocycles. The normalized spacial score (nSPS) is 16.8. The summed E-state index contributed by atoms with van der Waals surface area (Å²) < 4.78 is 12.7. The Kier molecular flexibility index (Phi) is 10.5. The van der Waals surface area contributed by atoms with E-state index >= 15 is 0 Å². The van der Waals surface area contributed by atoms with Gasteiger partial charge in [-0.1, -0.05) is 12.1 Å². The van der Waals surface area contributed by atoms with Crippen molar-refractivity contribution in [3.8, 4) is 5.75 Å². The molecule has 1 aliphatic heterocycles. The largest absolute Gasteiger partial charge is 0.491 e. The number of fused-ring (bicyclic) bond motifs is 1. The molecule has 10 heteroatoms. The maximum Gasteiger partial charge on any atom is 0.191 e. The molecular weight excluding hydrogens is 511 g/mol. The van der Waals surface area contributed by atoms with E-state index in [0.717, 1.165) is 43.1 Å². The fourth-order valence-corrected chi connectivity index (χ4v) is 3.33.